The fourth-order valence-electron chi connectivity index (χ4n) is 1.60. The minimum atomic E-state index is -0.321. The molecule has 21 heavy (non-hydrogen) atoms. The predicted octanol–water partition coefficient (Wildman–Crippen LogP) is 2.82. The van der Waals surface area contributed by atoms with Crippen LogP contribution < -0.4 is 10.2 Å². The molecule has 0 fully saturated rings. The quantitative estimate of drug-likeness (QED) is 0.698. The Labute approximate surface area is 127 Å². The summed E-state index contributed by atoms with van der Waals surface area (Å²) in [6.07, 6.45) is 3.01. The molecule has 2 aromatic rings. The summed E-state index contributed by atoms with van der Waals surface area (Å²) in [6, 6.07) is 8.67. The maximum Gasteiger partial charge on any atom is 0.272 e. The van der Waals surface area contributed by atoms with Crippen molar-refractivity contribution in [3.8, 4) is 5.75 Å². The smallest absolute Gasteiger partial charge is 0.272 e. The van der Waals surface area contributed by atoms with Crippen LogP contribution in [0.15, 0.2) is 41.6 Å². The van der Waals surface area contributed by atoms with E-state index in [1.807, 2.05) is 6.92 Å². The molecule has 0 unspecified atom stereocenters. The molecule has 0 spiro atoms. The van der Waals surface area contributed by atoms with Gasteiger partial charge in [-0.3, -0.25) is 9.78 Å². The Hall–Kier alpha value is -2.40. The van der Waals surface area contributed by atoms with Crippen molar-refractivity contribution in [2.75, 3.05) is 7.11 Å². The van der Waals surface area contributed by atoms with Crippen LogP contribution in [-0.4, -0.2) is 24.2 Å². The van der Waals surface area contributed by atoms with E-state index in [-0.39, 0.29) is 5.91 Å². The fraction of sp³-hybridized carbons (Fsp3) is 0.133. The Balaban J connectivity index is 2.00. The SMILES string of the molecule is COc1ccc(C=NNC(=O)c2ccc(C)nc2)cc1Cl. The third kappa shape index (κ3) is 4.03. The number of halogens is 1. The van der Waals surface area contributed by atoms with E-state index < -0.39 is 0 Å². The maximum absolute atomic E-state index is 11.8. The van der Waals surface area contributed by atoms with Crippen LogP contribution in [0.1, 0.15) is 21.6 Å². The number of nitrogens with zero attached hydrogens (tertiary/aromatic N) is 2. The average Bonchev–Trinajstić information content (AvgIpc) is 2.48. The van der Waals surface area contributed by atoms with Crippen molar-refractivity contribution in [1.29, 1.82) is 0 Å². The second-order valence-corrected chi connectivity index (χ2v) is 4.69. The molecule has 0 aliphatic carbocycles. The van der Waals surface area contributed by atoms with Crippen LogP contribution in [0.3, 0.4) is 0 Å². The van der Waals surface area contributed by atoms with E-state index in [0.29, 0.717) is 16.3 Å². The molecule has 0 saturated heterocycles. The van der Waals surface area contributed by atoms with E-state index in [9.17, 15) is 4.79 Å². The number of ether oxygens (including phenoxy) is 1. The molecule has 1 aromatic carbocycles. The highest BCUT2D eigenvalue weighted by Crippen LogP contribution is 2.24. The fourth-order valence-corrected chi connectivity index (χ4v) is 1.86. The number of aromatic nitrogens is 1. The summed E-state index contributed by atoms with van der Waals surface area (Å²) in [4.78, 5) is 15.9. The Bertz CT molecular complexity index is 669. The van der Waals surface area contributed by atoms with Gasteiger partial charge in [-0.1, -0.05) is 11.6 Å². The molecule has 1 heterocycles. The second-order valence-electron chi connectivity index (χ2n) is 4.28. The molecule has 0 aliphatic rings. The highest BCUT2D eigenvalue weighted by Gasteiger charge is 2.04. The number of benzene rings is 1. The number of carbonyl (C=O) groups is 1. The van der Waals surface area contributed by atoms with Crippen molar-refractivity contribution in [1.82, 2.24) is 10.4 Å². The zero-order valence-corrected chi connectivity index (χ0v) is 12.4. The highest BCUT2D eigenvalue weighted by atomic mass is 35.5. The number of methoxy groups -OCH3 is 1. The van der Waals surface area contributed by atoms with Gasteiger partial charge in [-0.15, -0.1) is 0 Å². The van der Waals surface area contributed by atoms with Gasteiger partial charge in [0, 0.05) is 11.9 Å². The van der Waals surface area contributed by atoms with Gasteiger partial charge in [0.1, 0.15) is 5.75 Å². The molecule has 0 bridgehead atoms. The van der Waals surface area contributed by atoms with E-state index >= 15 is 0 Å². The number of amides is 1. The molecule has 2 rings (SSSR count). The van der Waals surface area contributed by atoms with Crippen molar-refractivity contribution in [3.63, 3.8) is 0 Å². The van der Waals surface area contributed by atoms with Crippen molar-refractivity contribution in [2.24, 2.45) is 5.10 Å². The van der Waals surface area contributed by atoms with Gasteiger partial charge in [-0.25, -0.2) is 5.43 Å². The first-order valence-corrected chi connectivity index (χ1v) is 6.57. The summed E-state index contributed by atoms with van der Waals surface area (Å²) in [6.45, 7) is 1.85. The largest absolute Gasteiger partial charge is 0.495 e. The number of hydrazone groups is 1. The van der Waals surface area contributed by atoms with Crippen molar-refractivity contribution >= 4 is 23.7 Å². The second kappa shape index (κ2) is 6.85. The predicted molar refractivity (Wildman–Crippen MR) is 82.0 cm³/mol. The molecule has 0 radical (unpaired) electrons. The maximum atomic E-state index is 11.8. The van der Waals surface area contributed by atoms with Crippen molar-refractivity contribution < 1.29 is 9.53 Å². The van der Waals surface area contributed by atoms with Crippen LogP contribution in [0.4, 0.5) is 0 Å². The zero-order valence-electron chi connectivity index (χ0n) is 11.6. The molecule has 0 atom stereocenters. The molecule has 1 N–H and O–H groups in total. The highest BCUT2D eigenvalue weighted by molar-refractivity contribution is 6.32. The van der Waals surface area contributed by atoms with Crippen LogP contribution >= 0.6 is 11.6 Å². The number of hydrogen-bond donors (Lipinski definition) is 1. The average molecular weight is 304 g/mol. The molecular formula is C15H14ClN3O2. The third-order valence-electron chi connectivity index (χ3n) is 2.73. The van der Waals surface area contributed by atoms with E-state index in [2.05, 4.69) is 15.5 Å². The Morgan fingerprint density at radius 2 is 2.19 bits per heavy atom. The summed E-state index contributed by atoms with van der Waals surface area (Å²) >= 11 is 6.00. The van der Waals surface area contributed by atoms with Gasteiger partial charge in [0.15, 0.2) is 0 Å². The zero-order chi connectivity index (χ0) is 15.2. The Morgan fingerprint density at radius 1 is 1.38 bits per heavy atom. The summed E-state index contributed by atoms with van der Waals surface area (Å²) in [5, 5.41) is 4.37. The number of carbonyl (C=O) groups excluding carboxylic acids is 1. The van der Waals surface area contributed by atoms with Crippen LogP contribution in [0.25, 0.3) is 0 Å². The van der Waals surface area contributed by atoms with Crippen molar-refractivity contribution in [2.45, 2.75) is 6.92 Å². The van der Waals surface area contributed by atoms with E-state index in [0.717, 1.165) is 11.3 Å². The summed E-state index contributed by atoms with van der Waals surface area (Å²) in [5.41, 5.74) is 4.48. The monoisotopic (exact) mass is 303 g/mol. The normalized spacial score (nSPS) is 10.6. The first kappa shape index (κ1) is 15.0. The van der Waals surface area contributed by atoms with Crippen LogP contribution in [0, 0.1) is 6.92 Å². The van der Waals surface area contributed by atoms with Gasteiger partial charge in [-0.05, 0) is 42.8 Å². The number of pyridine rings is 1. The third-order valence-corrected chi connectivity index (χ3v) is 3.02. The van der Waals surface area contributed by atoms with Crippen LogP contribution in [0.2, 0.25) is 5.02 Å². The molecule has 5 nitrogen and oxygen atoms in total. The Kier molecular flexibility index (Phi) is 4.90. The lowest BCUT2D eigenvalue weighted by Crippen LogP contribution is -2.17. The lowest BCUT2D eigenvalue weighted by molar-refractivity contribution is 0.0955. The minimum Gasteiger partial charge on any atom is -0.495 e. The van der Waals surface area contributed by atoms with Crippen molar-refractivity contribution in [3.05, 3.63) is 58.4 Å². The molecule has 1 amide bonds. The number of aryl methyl sites for hydroxylation is 1. The van der Waals surface area contributed by atoms with Gasteiger partial charge in [0.2, 0.25) is 0 Å². The van der Waals surface area contributed by atoms with E-state index in [4.69, 9.17) is 16.3 Å². The first-order valence-electron chi connectivity index (χ1n) is 6.20. The topological polar surface area (TPSA) is 63.6 Å². The van der Waals surface area contributed by atoms with Gasteiger partial charge in [0.05, 0.1) is 23.9 Å². The number of rotatable bonds is 4. The van der Waals surface area contributed by atoms with E-state index in [1.54, 1.807) is 37.4 Å². The van der Waals surface area contributed by atoms with Crippen LogP contribution in [-0.2, 0) is 0 Å². The summed E-state index contributed by atoms with van der Waals surface area (Å²) in [7, 11) is 1.55. The summed E-state index contributed by atoms with van der Waals surface area (Å²) in [5.74, 6) is 0.266. The molecule has 0 saturated carbocycles. The van der Waals surface area contributed by atoms with Gasteiger partial charge < -0.3 is 4.74 Å². The molecule has 0 aliphatic heterocycles. The van der Waals surface area contributed by atoms with Gasteiger partial charge >= 0.3 is 0 Å². The summed E-state index contributed by atoms with van der Waals surface area (Å²) < 4.78 is 5.06. The van der Waals surface area contributed by atoms with E-state index in [1.165, 1.54) is 12.4 Å². The van der Waals surface area contributed by atoms with Gasteiger partial charge in [-0.2, -0.15) is 5.10 Å². The minimum absolute atomic E-state index is 0.321. The molecule has 108 valence electrons. The number of hydrogen-bond acceptors (Lipinski definition) is 4. The first-order chi connectivity index (χ1) is 10.1. The molecule has 1 aromatic heterocycles. The standard InChI is InChI=1S/C15H14ClN3O2/c1-10-3-5-12(9-17-10)15(20)19-18-8-11-4-6-14(21-2)13(16)7-11/h3-9H,1-2H3,(H,19,20). The lowest BCUT2D eigenvalue weighted by Gasteiger charge is -2.03. The van der Waals surface area contributed by atoms with Gasteiger partial charge in [0.25, 0.3) is 5.91 Å². The van der Waals surface area contributed by atoms with Crippen LogP contribution in [0.5, 0.6) is 5.75 Å². The number of nitrogens with one attached hydrogen (secondary N) is 1. The molecule has 6 heteroatoms. The Morgan fingerprint density at radius 3 is 2.81 bits per heavy atom. The lowest BCUT2D eigenvalue weighted by atomic mass is 10.2. The molecular weight excluding hydrogens is 290 g/mol.